The van der Waals surface area contributed by atoms with Crippen molar-refractivity contribution < 1.29 is 9.84 Å². The van der Waals surface area contributed by atoms with Gasteiger partial charge in [0.15, 0.2) is 0 Å². The van der Waals surface area contributed by atoms with E-state index in [1.807, 2.05) is 19.1 Å². The molecule has 0 saturated heterocycles. The number of rotatable bonds is 6. The van der Waals surface area contributed by atoms with E-state index in [1.165, 1.54) is 11.1 Å². The van der Waals surface area contributed by atoms with Gasteiger partial charge < -0.3 is 15.2 Å². The van der Waals surface area contributed by atoms with Gasteiger partial charge in [0.1, 0.15) is 0 Å². The molecule has 0 heterocycles. The Morgan fingerprint density at radius 3 is 2.60 bits per heavy atom. The number of benzene rings is 1. The Bertz CT molecular complexity index is 289. The standard InChI is InChI=1S/C12H19NO2/c1-10(8-14)13-7-11-5-3-4-6-12(11)9-15-2/h3-6,10,13-14H,7-9H2,1-2H3/t10-/m1/s1. The van der Waals surface area contributed by atoms with Gasteiger partial charge >= 0.3 is 0 Å². The molecule has 0 bridgehead atoms. The normalized spacial score (nSPS) is 12.7. The van der Waals surface area contributed by atoms with Crippen LogP contribution < -0.4 is 5.32 Å². The molecule has 0 saturated carbocycles. The molecular weight excluding hydrogens is 190 g/mol. The summed E-state index contributed by atoms with van der Waals surface area (Å²) in [6.45, 7) is 3.51. The highest BCUT2D eigenvalue weighted by molar-refractivity contribution is 5.26. The number of ether oxygens (including phenoxy) is 1. The summed E-state index contributed by atoms with van der Waals surface area (Å²) < 4.78 is 5.12. The molecule has 0 spiro atoms. The summed E-state index contributed by atoms with van der Waals surface area (Å²) in [6.07, 6.45) is 0. The Balaban J connectivity index is 2.58. The SMILES string of the molecule is COCc1ccccc1CN[C@H](C)CO. The summed E-state index contributed by atoms with van der Waals surface area (Å²) in [5, 5.41) is 12.1. The second-order valence-electron chi connectivity index (χ2n) is 3.67. The first-order valence-corrected chi connectivity index (χ1v) is 5.18. The van der Waals surface area contributed by atoms with E-state index < -0.39 is 0 Å². The molecule has 1 atom stereocenters. The number of aliphatic hydroxyl groups excluding tert-OH is 1. The maximum absolute atomic E-state index is 8.90. The molecule has 2 N–H and O–H groups in total. The summed E-state index contributed by atoms with van der Waals surface area (Å²) in [4.78, 5) is 0. The van der Waals surface area contributed by atoms with E-state index in [4.69, 9.17) is 9.84 Å². The van der Waals surface area contributed by atoms with Crippen molar-refractivity contribution in [2.45, 2.75) is 26.1 Å². The molecule has 1 aromatic rings. The van der Waals surface area contributed by atoms with Crippen LogP contribution >= 0.6 is 0 Å². The molecule has 0 radical (unpaired) electrons. The van der Waals surface area contributed by atoms with Crippen molar-refractivity contribution in [2.24, 2.45) is 0 Å². The van der Waals surface area contributed by atoms with Crippen LogP contribution in [0.2, 0.25) is 0 Å². The van der Waals surface area contributed by atoms with Gasteiger partial charge in [-0.2, -0.15) is 0 Å². The zero-order valence-corrected chi connectivity index (χ0v) is 9.36. The minimum absolute atomic E-state index is 0.126. The monoisotopic (exact) mass is 209 g/mol. The summed E-state index contributed by atoms with van der Waals surface area (Å²) in [6, 6.07) is 8.28. The second-order valence-corrected chi connectivity index (χ2v) is 3.67. The smallest absolute Gasteiger partial charge is 0.0716 e. The fourth-order valence-electron chi connectivity index (χ4n) is 1.38. The third-order valence-electron chi connectivity index (χ3n) is 2.33. The van der Waals surface area contributed by atoms with Crippen LogP contribution in [0.5, 0.6) is 0 Å². The number of nitrogens with one attached hydrogen (secondary N) is 1. The molecule has 0 amide bonds. The first-order valence-electron chi connectivity index (χ1n) is 5.18. The largest absolute Gasteiger partial charge is 0.395 e. The fourth-order valence-corrected chi connectivity index (χ4v) is 1.38. The van der Waals surface area contributed by atoms with Crippen molar-refractivity contribution in [2.75, 3.05) is 13.7 Å². The van der Waals surface area contributed by atoms with E-state index in [9.17, 15) is 0 Å². The van der Waals surface area contributed by atoms with Gasteiger partial charge in [-0.25, -0.2) is 0 Å². The van der Waals surface area contributed by atoms with Gasteiger partial charge in [0.05, 0.1) is 13.2 Å². The lowest BCUT2D eigenvalue weighted by atomic mass is 10.1. The fraction of sp³-hybridized carbons (Fsp3) is 0.500. The van der Waals surface area contributed by atoms with E-state index in [0.717, 1.165) is 6.54 Å². The molecule has 0 aliphatic carbocycles. The Hall–Kier alpha value is -0.900. The van der Waals surface area contributed by atoms with E-state index in [2.05, 4.69) is 17.4 Å². The van der Waals surface area contributed by atoms with E-state index in [0.29, 0.717) is 6.61 Å². The van der Waals surface area contributed by atoms with E-state index in [-0.39, 0.29) is 12.6 Å². The summed E-state index contributed by atoms with van der Waals surface area (Å²) in [5.41, 5.74) is 2.41. The Labute approximate surface area is 91.1 Å². The van der Waals surface area contributed by atoms with Gasteiger partial charge in [-0.05, 0) is 18.1 Å². The van der Waals surface area contributed by atoms with Gasteiger partial charge in [0.25, 0.3) is 0 Å². The molecule has 0 unspecified atom stereocenters. The molecule has 15 heavy (non-hydrogen) atoms. The van der Waals surface area contributed by atoms with Crippen molar-refractivity contribution >= 4 is 0 Å². The summed E-state index contributed by atoms with van der Waals surface area (Å²) in [5.74, 6) is 0. The summed E-state index contributed by atoms with van der Waals surface area (Å²) >= 11 is 0. The number of hydrogen-bond donors (Lipinski definition) is 2. The molecular formula is C12H19NO2. The minimum Gasteiger partial charge on any atom is -0.395 e. The number of aliphatic hydroxyl groups is 1. The van der Waals surface area contributed by atoms with Gasteiger partial charge in [-0.1, -0.05) is 24.3 Å². The third-order valence-corrected chi connectivity index (χ3v) is 2.33. The Kier molecular flexibility index (Phi) is 5.32. The molecule has 84 valence electrons. The average Bonchev–Trinajstić information content (AvgIpc) is 2.28. The number of hydrogen-bond acceptors (Lipinski definition) is 3. The lowest BCUT2D eigenvalue weighted by Crippen LogP contribution is -2.29. The molecule has 3 heteroatoms. The Morgan fingerprint density at radius 1 is 1.33 bits per heavy atom. The van der Waals surface area contributed by atoms with Crippen molar-refractivity contribution in [3.05, 3.63) is 35.4 Å². The average molecular weight is 209 g/mol. The van der Waals surface area contributed by atoms with Crippen LogP contribution in [0.15, 0.2) is 24.3 Å². The minimum atomic E-state index is 0.126. The number of methoxy groups -OCH3 is 1. The molecule has 0 aliphatic heterocycles. The van der Waals surface area contributed by atoms with Crippen LogP contribution in [-0.4, -0.2) is 24.9 Å². The first kappa shape index (κ1) is 12.2. The summed E-state index contributed by atoms with van der Waals surface area (Å²) in [7, 11) is 1.69. The Morgan fingerprint density at radius 2 is 2.00 bits per heavy atom. The van der Waals surface area contributed by atoms with Crippen LogP contribution in [0.1, 0.15) is 18.1 Å². The highest BCUT2D eigenvalue weighted by Gasteiger charge is 2.03. The molecule has 0 aromatic heterocycles. The van der Waals surface area contributed by atoms with Crippen LogP contribution in [0.4, 0.5) is 0 Å². The first-order chi connectivity index (χ1) is 7.27. The maximum atomic E-state index is 8.90. The predicted molar refractivity (Wildman–Crippen MR) is 60.5 cm³/mol. The van der Waals surface area contributed by atoms with Crippen molar-refractivity contribution in [1.82, 2.24) is 5.32 Å². The topological polar surface area (TPSA) is 41.5 Å². The zero-order chi connectivity index (χ0) is 11.1. The predicted octanol–water partition coefficient (Wildman–Crippen LogP) is 1.30. The van der Waals surface area contributed by atoms with Crippen LogP contribution in [0.3, 0.4) is 0 Å². The maximum Gasteiger partial charge on any atom is 0.0716 e. The van der Waals surface area contributed by atoms with Gasteiger partial charge in [0, 0.05) is 19.7 Å². The molecule has 0 fully saturated rings. The van der Waals surface area contributed by atoms with Gasteiger partial charge in [-0.3, -0.25) is 0 Å². The van der Waals surface area contributed by atoms with E-state index in [1.54, 1.807) is 7.11 Å². The van der Waals surface area contributed by atoms with Crippen LogP contribution in [0.25, 0.3) is 0 Å². The van der Waals surface area contributed by atoms with Gasteiger partial charge in [-0.15, -0.1) is 0 Å². The van der Waals surface area contributed by atoms with Gasteiger partial charge in [0.2, 0.25) is 0 Å². The highest BCUT2D eigenvalue weighted by Crippen LogP contribution is 2.09. The third kappa shape index (κ3) is 4.00. The lowest BCUT2D eigenvalue weighted by Gasteiger charge is -2.13. The highest BCUT2D eigenvalue weighted by atomic mass is 16.5. The quantitative estimate of drug-likeness (QED) is 0.742. The van der Waals surface area contributed by atoms with Crippen molar-refractivity contribution in [3.63, 3.8) is 0 Å². The molecule has 1 aromatic carbocycles. The van der Waals surface area contributed by atoms with Crippen molar-refractivity contribution in [3.8, 4) is 0 Å². The van der Waals surface area contributed by atoms with Crippen LogP contribution in [-0.2, 0) is 17.9 Å². The van der Waals surface area contributed by atoms with E-state index >= 15 is 0 Å². The molecule has 3 nitrogen and oxygen atoms in total. The van der Waals surface area contributed by atoms with Crippen LogP contribution in [0, 0.1) is 0 Å². The molecule has 1 rings (SSSR count). The zero-order valence-electron chi connectivity index (χ0n) is 9.36. The second kappa shape index (κ2) is 6.56. The lowest BCUT2D eigenvalue weighted by molar-refractivity contribution is 0.183. The molecule has 0 aliphatic rings. The van der Waals surface area contributed by atoms with Crippen molar-refractivity contribution in [1.29, 1.82) is 0 Å².